The normalized spacial score (nSPS) is 19.7. The molecule has 0 bridgehead atoms. The van der Waals surface area contributed by atoms with Crippen LogP contribution in [0.4, 0.5) is 0 Å². The fourth-order valence-corrected chi connectivity index (χ4v) is 3.34. The van der Waals surface area contributed by atoms with Gasteiger partial charge in [-0.1, -0.05) is 17.7 Å². The smallest absolute Gasteiger partial charge is 0.179 e. The Morgan fingerprint density at radius 3 is 2.68 bits per heavy atom. The van der Waals surface area contributed by atoms with E-state index in [-0.39, 0.29) is 11.9 Å². The molecule has 0 spiro atoms. The molecule has 106 valence electrons. The lowest BCUT2D eigenvalue weighted by molar-refractivity contribution is 0.110. The van der Waals surface area contributed by atoms with Crippen LogP contribution in [0.2, 0.25) is 0 Å². The van der Waals surface area contributed by atoms with Crippen molar-refractivity contribution in [2.24, 2.45) is 0 Å². The van der Waals surface area contributed by atoms with E-state index in [4.69, 9.17) is 4.74 Å². The number of nitrogens with one attached hydrogen (secondary N) is 1. The molecule has 0 amide bonds. The van der Waals surface area contributed by atoms with Gasteiger partial charge in [0.1, 0.15) is 0 Å². The standard InChI is InChI=1S/C14H21NO3S/c1-12-4-6-14(7-5-12)19(16,17)10-8-15-11-13-3-2-9-18-13/h4-7,13,15H,2-3,8-11H2,1H3. The lowest BCUT2D eigenvalue weighted by Crippen LogP contribution is -2.30. The average Bonchev–Trinajstić information content (AvgIpc) is 2.88. The van der Waals surface area contributed by atoms with Crippen LogP contribution >= 0.6 is 0 Å². The second kappa shape index (κ2) is 6.50. The minimum absolute atomic E-state index is 0.128. The van der Waals surface area contributed by atoms with E-state index in [1.165, 1.54) is 0 Å². The molecule has 0 saturated carbocycles. The first-order valence-electron chi connectivity index (χ1n) is 6.70. The van der Waals surface area contributed by atoms with Crippen molar-refractivity contribution in [3.8, 4) is 0 Å². The molecule has 1 N–H and O–H groups in total. The molecule has 0 aromatic heterocycles. The van der Waals surface area contributed by atoms with Gasteiger partial charge in [-0.25, -0.2) is 8.42 Å². The molecule has 0 aliphatic carbocycles. The highest BCUT2D eigenvalue weighted by Gasteiger charge is 2.16. The molecule has 1 aliphatic heterocycles. The molecule has 19 heavy (non-hydrogen) atoms. The van der Waals surface area contributed by atoms with Crippen molar-refractivity contribution in [2.45, 2.75) is 30.8 Å². The SMILES string of the molecule is Cc1ccc(S(=O)(=O)CCNCC2CCCO2)cc1. The third-order valence-electron chi connectivity index (χ3n) is 3.32. The summed E-state index contributed by atoms with van der Waals surface area (Å²) in [4.78, 5) is 0.400. The minimum atomic E-state index is -3.18. The Morgan fingerprint density at radius 2 is 2.05 bits per heavy atom. The van der Waals surface area contributed by atoms with E-state index in [9.17, 15) is 8.42 Å². The fourth-order valence-electron chi connectivity index (χ4n) is 2.14. The molecule has 5 heteroatoms. The molecular weight excluding hydrogens is 262 g/mol. The van der Waals surface area contributed by atoms with Crippen LogP contribution < -0.4 is 5.32 Å². The quantitative estimate of drug-likeness (QED) is 0.805. The highest BCUT2D eigenvalue weighted by atomic mass is 32.2. The molecule has 1 aliphatic rings. The van der Waals surface area contributed by atoms with E-state index in [0.29, 0.717) is 11.4 Å². The molecule has 0 radical (unpaired) electrons. The van der Waals surface area contributed by atoms with Gasteiger partial charge in [0.25, 0.3) is 0 Å². The highest BCUT2D eigenvalue weighted by molar-refractivity contribution is 7.91. The third kappa shape index (κ3) is 4.30. The summed E-state index contributed by atoms with van der Waals surface area (Å²) in [6.07, 6.45) is 2.42. The van der Waals surface area contributed by atoms with Crippen molar-refractivity contribution in [1.29, 1.82) is 0 Å². The van der Waals surface area contributed by atoms with Crippen molar-refractivity contribution < 1.29 is 13.2 Å². The van der Waals surface area contributed by atoms with Gasteiger partial charge in [0.2, 0.25) is 0 Å². The molecule has 1 unspecified atom stereocenters. The molecule has 1 fully saturated rings. The second-order valence-corrected chi connectivity index (χ2v) is 7.08. The first-order chi connectivity index (χ1) is 9.08. The monoisotopic (exact) mass is 283 g/mol. The van der Waals surface area contributed by atoms with E-state index < -0.39 is 9.84 Å². The van der Waals surface area contributed by atoms with Crippen molar-refractivity contribution in [1.82, 2.24) is 5.32 Å². The minimum Gasteiger partial charge on any atom is -0.377 e. The zero-order valence-electron chi connectivity index (χ0n) is 11.3. The lowest BCUT2D eigenvalue weighted by Gasteiger charge is -2.11. The van der Waals surface area contributed by atoms with Crippen LogP contribution in [0.15, 0.2) is 29.2 Å². The third-order valence-corrected chi connectivity index (χ3v) is 5.06. The van der Waals surface area contributed by atoms with Crippen molar-refractivity contribution in [3.63, 3.8) is 0 Å². The number of benzene rings is 1. The molecule has 4 nitrogen and oxygen atoms in total. The van der Waals surface area contributed by atoms with Gasteiger partial charge in [0, 0.05) is 19.7 Å². The van der Waals surface area contributed by atoms with E-state index in [1.54, 1.807) is 12.1 Å². The zero-order valence-corrected chi connectivity index (χ0v) is 12.1. The number of ether oxygens (including phenoxy) is 1. The topological polar surface area (TPSA) is 55.4 Å². The first-order valence-corrected chi connectivity index (χ1v) is 8.35. The zero-order chi connectivity index (χ0) is 13.7. The van der Waals surface area contributed by atoms with Crippen molar-refractivity contribution >= 4 is 9.84 Å². The fraction of sp³-hybridized carbons (Fsp3) is 0.571. The van der Waals surface area contributed by atoms with Gasteiger partial charge < -0.3 is 10.1 Å². The van der Waals surface area contributed by atoms with Gasteiger partial charge >= 0.3 is 0 Å². The van der Waals surface area contributed by atoms with Gasteiger partial charge in [-0.15, -0.1) is 0 Å². The number of sulfone groups is 1. The Morgan fingerprint density at radius 1 is 1.32 bits per heavy atom. The van der Waals surface area contributed by atoms with Crippen LogP contribution in [0.3, 0.4) is 0 Å². The Labute approximate surface area is 115 Å². The summed E-state index contributed by atoms with van der Waals surface area (Å²) in [7, 11) is -3.18. The molecular formula is C14H21NO3S. The Kier molecular flexibility index (Phi) is 4.96. The van der Waals surface area contributed by atoms with Gasteiger partial charge in [-0.2, -0.15) is 0 Å². The second-order valence-electron chi connectivity index (χ2n) is 4.97. The predicted octanol–water partition coefficient (Wildman–Crippen LogP) is 1.54. The van der Waals surface area contributed by atoms with Gasteiger partial charge in [0.15, 0.2) is 9.84 Å². The predicted molar refractivity (Wildman–Crippen MR) is 75.1 cm³/mol. The van der Waals surface area contributed by atoms with Gasteiger partial charge in [0.05, 0.1) is 16.8 Å². The first kappa shape index (κ1) is 14.5. The average molecular weight is 283 g/mol. The van der Waals surface area contributed by atoms with Crippen molar-refractivity contribution in [2.75, 3.05) is 25.4 Å². The highest BCUT2D eigenvalue weighted by Crippen LogP contribution is 2.12. The summed E-state index contributed by atoms with van der Waals surface area (Å²) in [6, 6.07) is 6.99. The van der Waals surface area contributed by atoms with Crippen LogP contribution in [0, 0.1) is 6.92 Å². The van der Waals surface area contributed by atoms with Crippen LogP contribution in [-0.2, 0) is 14.6 Å². The summed E-state index contributed by atoms with van der Waals surface area (Å²) in [6.45, 7) is 3.98. The number of aryl methyl sites for hydroxylation is 1. The number of hydrogen-bond acceptors (Lipinski definition) is 4. The molecule has 1 saturated heterocycles. The van der Waals surface area contributed by atoms with Crippen LogP contribution in [-0.4, -0.2) is 40.0 Å². The molecule has 1 atom stereocenters. The molecule has 1 heterocycles. The largest absolute Gasteiger partial charge is 0.377 e. The summed E-state index contributed by atoms with van der Waals surface area (Å²) >= 11 is 0. The maximum absolute atomic E-state index is 12.1. The van der Waals surface area contributed by atoms with E-state index >= 15 is 0 Å². The summed E-state index contributed by atoms with van der Waals surface area (Å²) in [5.41, 5.74) is 1.07. The number of hydrogen-bond donors (Lipinski definition) is 1. The maximum Gasteiger partial charge on any atom is 0.179 e. The van der Waals surface area contributed by atoms with Gasteiger partial charge in [-0.3, -0.25) is 0 Å². The van der Waals surface area contributed by atoms with Gasteiger partial charge in [-0.05, 0) is 31.9 Å². The van der Waals surface area contributed by atoms with E-state index in [0.717, 1.165) is 31.6 Å². The van der Waals surface area contributed by atoms with Crippen LogP contribution in [0.5, 0.6) is 0 Å². The Hall–Kier alpha value is -0.910. The Balaban J connectivity index is 1.79. The van der Waals surface area contributed by atoms with Crippen LogP contribution in [0.1, 0.15) is 18.4 Å². The summed E-state index contributed by atoms with van der Waals surface area (Å²) in [5, 5.41) is 3.16. The molecule has 2 rings (SSSR count). The van der Waals surface area contributed by atoms with Crippen molar-refractivity contribution in [3.05, 3.63) is 29.8 Å². The Bertz CT molecular complexity index is 490. The summed E-state index contributed by atoms with van der Waals surface area (Å²) in [5.74, 6) is 0.128. The molecule has 1 aromatic carbocycles. The number of rotatable bonds is 6. The summed E-state index contributed by atoms with van der Waals surface area (Å²) < 4.78 is 29.6. The lowest BCUT2D eigenvalue weighted by atomic mass is 10.2. The molecule has 1 aromatic rings. The maximum atomic E-state index is 12.1. The van der Waals surface area contributed by atoms with E-state index in [2.05, 4.69) is 5.32 Å². The van der Waals surface area contributed by atoms with Crippen LogP contribution in [0.25, 0.3) is 0 Å². The van der Waals surface area contributed by atoms with E-state index in [1.807, 2.05) is 19.1 Å².